The highest BCUT2D eigenvalue weighted by Crippen LogP contribution is 2.37. The predicted molar refractivity (Wildman–Crippen MR) is 78.3 cm³/mol. The molecule has 0 amide bonds. The fourth-order valence-electron chi connectivity index (χ4n) is 2.13. The van der Waals surface area contributed by atoms with Crippen molar-refractivity contribution in [3.8, 4) is 16.9 Å². The van der Waals surface area contributed by atoms with Gasteiger partial charge in [0.05, 0.1) is 12.8 Å². The maximum absolute atomic E-state index is 6.18. The number of anilines is 1. The molecule has 0 bridgehead atoms. The first-order valence-corrected chi connectivity index (χ1v) is 6.32. The minimum atomic E-state index is -0.0617. The van der Waals surface area contributed by atoms with Gasteiger partial charge in [-0.15, -0.1) is 0 Å². The molecule has 0 aliphatic carbocycles. The van der Waals surface area contributed by atoms with Crippen LogP contribution in [0.25, 0.3) is 11.1 Å². The second-order valence-corrected chi connectivity index (χ2v) is 5.71. The number of hydrogen-bond donors (Lipinski definition) is 1. The number of nitrogen functional groups attached to an aromatic ring is 1. The first-order chi connectivity index (χ1) is 8.84. The molecule has 19 heavy (non-hydrogen) atoms. The summed E-state index contributed by atoms with van der Waals surface area (Å²) < 4.78 is 7.01. The van der Waals surface area contributed by atoms with E-state index in [9.17, 15) is 0 Å². The summed E-state index contributed by atoms with van der Waals surface area (Å²) in [4.78, 5) is 0. The van der Waals surface area contributed by atoms with Crippen molar-refractivity contribution in [3.63, 3.8) is 0 Å². The van der Waals surface area contributed by atoms with Crippen LogP contribution in [0.1, 0.15) is 26.5 Å². The van der Waals surface area contributed by atoms with Crippen LogP contribution in [-0.4, -0.2) is 16.9 Å². The van der Waals surface area contributed by atoms with E-state index in [0.29, 0.717) is 5.82 Å². The van der Waals surface area contributed by atoms with Crippen LogP contribution in [-0.2, 0) is 12.5 Å². The Hall–Kier alpha value is -1.97. The third-order valence-corrected chi connectivity index (χ3v) is 3.16. The standard InChI is InChI=1S/C15H21N3O/c1-15(2,3)13-12(14(16)18(4)17-13)10-7-6-8-11(9-10)19-5/h6-9H,16H2,1-5H3. The summed E-state index contributed by atoms with van der Waals surface area (Å²) in [6.45, 7) is 6.41. The van der Waals surface area contributed by atoms with Gasteiger partial charge in [0, 0.05) is 18.0 Å². The number of rotatable bonds is 2. The van der Waals surface area contributed by atoms with E-state index in [0.717, 1.165) is 22.6 Å². The first kappa shape index (κ1) is 13.5. The zero-order valence-corrected chi connectivity index (χ0v) is 12.2. The van der Waals surface area contributed by atoms with Crippen molar-refractivity contribution in [2.75, 3.05) is 12.8 Å². The van der Waals surface area contributed by atoms with E-state index in [4.69, 9.17) is 10.5 Å². The monoisotopic (exact) mass is 259 g/mol. The Morgan fingerprint density at radius 3 is 2.53 bits per heavy atom. The third-order valence-electron chi connectivity index (χ3n) is 3.16. The molecule has 0 unspecified atom stereocenters. The van der Waals surface area contributed by atoms with Gasteiger partial charge in [0.15, 0.2) is 0 Å². The lowest BCUT2D eigenvalue weighted by Gasteiger charge is -2.18. The van der Waals surface area contributed by atoms with Crippen molar-refractivity contribution in [2.45, 2.75) is 26.2 Å². The average molecular weight is 259 g/mol. The number of aryl methyl sites for hydroxylation is 1. The minimum absolute atomic E-state index is 0.0617. The summed E-state index contributed by atoms with van der Waals surface area (Å²) in [5.74, 6) is 1.50. The van der Waals surface area contributed by atoms with E-state index >= 15 is 0 Å². The first-order valence-electron chi connectivity index (χ1n) is 6.32. The van der Waals surface area contributed by atoms with E-state index in [2.05, 4.69) is 25.9 Å². The molecule has 0 aliphatic heterocycles. The van der Waals surface area contributed by atoms with Crippen LogP contribution in [0.5, 0.6) is 5.75 Å². The molecule has 4 nitrogen and oxygen atoms in total. The van der Waals surface area contributed by atoms with Crippen LogP contribution < -0.4 is 10.5 Å². The van der Waals surface area contributed by atoms with Gasteiger partial charge in [0.2, 0.25) is 0 Å². The summed E-state index contributed by atoms with van der Waals surface area (Å²) >= 11 is 0. The highest BCUT2D eigenvalue weighted by molar-refractivity contribution is 5.78. The van der Waals surface area contributed by atoms with E-state index in [-0.39, 0.29) is 5.41 Å². The lowest BCUT2D eigenvalue weighted by molar-refractivity contribution is 0.415. The highest BCUT2D eigenvalue weighted by Gasteiger charge is 2.25. The quantitative estimate of drug-likeness (QED) is 0.902. The Labute approximate surface area is 114 Å². The largest absolute Gasteiger partial charge is 0.497 e. The minimum Gasteiger partial charge on any atom is -0.497 e. The van der Waals surface area contributed by atoms with Gasteiger partial charge in [-0.05, 0) is 17.7 Å². The van der Waals surface area contributed by atoms with Crippen LogP contribution in [0, 0.1) is 0 Å². The smallest absolute Gasteiger partial charge is 0.129 e. The van der Waals surface area contributed by atoms with Crippen LogP contribution in [0.3, 0.4) is 0 Å². The average Bonchev–Trinajstić information content (AvgIpc) is 2.66. The molecule has 1 heterocycles. The number of nitrogens with zero attached hydrogens (tertiary/aromatic N) is 2. The molecule has 0 saturated carbocycles. The molecular weight excluding hydrogens is 238 g/mol. The summed E-state index contributed by atoms with van der Waals surface area (Å²) in [6, 6.07) is 7.91. The molecule has 2 aromatic rings. The van der Waals surface area contributed by atoms with Crippen LogP contribution >= 0.6 is 0 Å². The Kier molecular flexibility index (Phi) is 3.27. The molecule has 0 fully saturated rings. The van der Waals surface area contributed by atoms with E-state index < -0.39 is 0 Å². The lowest BCUT2D eigenvalue weighted by Crippen LogP contribution is -2.13. The topological polar surface area (TPSA) is 53.1 Å². The van der Waals surface area contributed by atoms with Gasteiger partial charge in [-0.1, -0.05) is 32.9 Å². The van der Waals surface area contributed by atoms with Crippen molar-refractivity contribution in [2.24, 2.45) is 7.05 Å². The Morgan fingerprint density at radius 1 is 1.26 bits per heavy atom. The summed E-state index contributed by atoms with van der Waals surface area (Å²) in [5, 5.41) is 4.56. The zero-order chi connectivity index (χ0) is 14.2. The molecule has 0 spiro atoms. The van der Waals surface area contributed by atoms with Crippen molar-refractivity contribution in [1.82, 2.24) is 9.78 Å². The lowest BCUT2D eigenvalue weighted by atomic mass is 9.87. The number of nitrogens with two attached hydrogens (primary N) is 1. The van der Waals surface area contributed by atoms with Gasteiger partial charge in [0.25, 0.3) is 0 Å². The fourth-order valence-corrected chi connectivity index (χ4v) is 2.13. The molecule has 0 saturated heterocycles. The molecule has 2 N–H and O–H groups in total. The van der Waals surface area contributed by atoms with Gasteiger partial charge in [-0.2, -0.15) is 5.10 Å². The van der Waals surface area contributed by atoms with Gasteiger partial charge in [-0.25, -0.2) is 0 Å². The van der Waals surface area contributed by atoms with Gasteiger partial charge in [0.1, 0.15) is 11.6 Å². The number of hydrogen-bond acceptors (Lipinski definition) is 3. The van der Waals surface area contributed by atoms with E-state index in [1.54, 1.807) is 11.8 Å². The normalized spacial score (nSPS) is 11.6. The fraction of sp³-hybridized carbons (Fsp3) is 0.400. The van der Waals surface area contributed by atoms with Gasteiger partial charge < -0.3 is 10.5 Å². The molecule has 102 valence electrons. The number of ether oxygens (including phenoxy) is 1. The maximum atomic E-state index is 6.18. The van der Waals surface area contributed by atoms with Gasteiger partial charge >= 0.3 is 0 Å². The predicted octanol–water partition coefficient (Wildman–Crippen LogP) is 2.98. The number of methoxy groups -OCH3 is 1. The second-order valence-electron chi connectivity index (χ2n) is 5.71. The molecule has 1 aromatic heterocycles. The Morgan fingerprint density at radius 2 is 1.95 bits per heavy atom. The number of aromatic nitrogens is 2. The van der Waals surface area contributed by atoms with Crippen molar-refractivity contribution in [3.05, 3.63) is 30.0 Å². The molecule has 0 aliphatic rings. The van der Waals surface area contributed by atoms with Crippen molar-refractivity contribution < 1.29 is 4.74 Å². The third kappa shape index (κ3) is 2.43. The summed E-state index contributed by atoms with van der Waals surface area (Å²) in [7, 11) is 3.53. The SMILES string of the molecule is COc1cccc(-c2c(C(C)(C)C)nn(C)c2N)c1. The van der Waals surface area contributed by atoms with Gasteiger partial charge in [-0.3, -0.25) is 4.68 Å². The zero-order valence-electron chi connectivity index (χ0n) is 12.2. The van der Waals surface area contributed by atoms with Crippen LogP contribution in [0.2, 0.25) is 0 Å². The molecule has 4 heteroatoms. The highest BCUT2D eigenvalue weighted by atomic mass is 16.5. The number of benzene rings is 1. The maximum Gasteiger partial charge on any atom is 0.129 e. The Balaban J connectivity index is 2.67. The Bertz CT molecular complexity index is 594. The van der Waals surface area contributed by atoms with E-state index in [1.165, 1.54) is 0 Å². The summed E-state index contributed by atoms with van der Waals surface area (Å²) in [5.41, 5.74) is 9.15. The molecular formula is C15H21N3O. The van der Waals surface area contributed by atoms with Crippen molar-refractivity contribution >= 4 is 5.82 Å². The summed E-state index contributed by atoms with van der Waals surface area (Å²) in [6.07, 6.45) is 0. The van der Waals surface area contributed by atoms with E-state index in [1.807, 2.05) is 31.3 Å². The van der Waals surface area contributed by atoms with Crippen LogP contribution in [0.4, 0.5) is 5.82 Å². The molecule has 0 radical (unpaired) electrons. The molecule has 1 aromatic carbocycles. The molecule has 0 atom stereocenters. The molecule has 2 rings (SSSR count). The second kappa shape index (κ2) is 4.61. The van der Waals surface area contributed by atoms with Crippen LogP contribution in [0.15, 0.2) is 24.3 Å². The van der Waals surface area contributed by atoms with Crippen molar-refractivity contribution in [1.29, 1.82) is 0 Å².